The summed E-state index contributed by atoms with van der Waals surface area (Å²) in [5.74, 6) is 0.824. The van der Waals surface area contributed by atoms with Crippen molar-refractivity contribution in [3.63, 3.8) is 0 Å². The zero-order chi connectivity index (χ0) is 13.1. The SMILES string of the molecule is Cc1ccc(C)c(COc2cnn(C(C)C)c2)c1. The fourth-order valence-corrected chi connectivity index (χ4v) is 1.79. The van der Waals surface area contributed by atoms with E-state index in [4.69, 9.17) is 4.74 Å². The molecule has 0 aliphatic rings. The molecule has 0 spiro atoms. The van der Waals surface area contributed by atoms with Crippen molar-refractivity contribution in [3.8, 4) is 5.75 Å². The minimum atomic E-state index is 0.364. The molecule has 3 nitrogen and oxygen atoms in total. The molecule has 0 fully saturated rings. The summed E-state index contributed by atoms with van der Waals surface area (Å²) in [4.78, 5) is 0. The van der Waals surface area contributed by atoms with Crippen molar-refractivity contribution in [1.82, 2.24) is 9.78 Å². The van der Waals surface area contributed by atoms with Crippen LogP contribution in [-0.4, -0.2) is 9.78 Å². The third kappa shape index (κ3) is 2.92. The van der Waals surface area contributed by atoms with Gasteiger partial charge in [-0.25, -0.2) is 0 Å². The van der Waals surface area contributed by atoms with Crippen molar-refractivity contribution >= 4 is 0 Å². The van der Waals surface area contributed by atoms with Gasteiger partial charge in [0.1, 0.15) is 6.61 Å². The molecule has 1 aromatic carbocycles. The van der Waals surface area contributed by atoms with Gasteiger partial charge in [-0.15, -0.1) is 0 Å². The van der Waals surface area contributed by atoms with Gasteiger partial charge in [0.15, 0.2) is 5.75 Å². The van der Waals surface area contributed by atoms with Gasteiger partial charge in [-0.2, -0.15) is 5.10 Å². The minimum Gasteiger partial charge on any atom is -0.486 e. The van der Waals surface area contributed by atoms with E-state index in [1.807, 2.05) is 10.9 Å². The Bertz CT molecular complexity index is 529. The van der Waals surface area contributed by atoms with Crippen LogP contribution in [0.2, 0.25) is 0 Å². The summed E-state index contributed by atoms with van der Waals surface area (Å²) in [6.45, 7) is 9.00. The Kier molecular flexibility index (Phi) is 3.70. The van der Waals surface area contributed by atoms with Gasteiger partial charge < -0.3 is 4.74 Å². The van der Waals surface area contributed by atoms with E-state index in [0.29, 0.717) is 12.6 Å². The lowest BCUT2D eigenvalue weighted by atomic mass is 10.1. The molecule has 0 unspecified atom stereocenters. The Hall–Kier alpha value is -1.77. The first kappa shape index (κ1) is 12.7. The summed E-state index contributed by atoms with van der Waals surface area (Å²) >= 11 is 0. The highest BCUT2D eigenvalue weighted by Crippen LogP contribution is 2.16. The van der Waals surface area contributed by atoms with Gasteiger partial charge in [0.25, 0.3) is 0 Å². The number of ether oxygens (including phenoxy) is 1. The maximum Gasteiger partial charge on any atom is 0.157 e. The molecule has 0 bridgehead atoms. The quantitative estimate of drug-likeness (QED) is 0.820. The summed E-state index contributed by atoms with van der Waals surface area (Å²) in [5, 5.41) is 4.26. The van der Waals surface area contributed by atoms with E-state index in [0.717, 1.165) is 5.75 Å². The molecule has 0 atom stereocenters. The second-order valence-electron chi connectivity index (χ2n) is 4.97. The van der Waals surface area contributed by atoms with Crippen LogP contribution < -0.4 is 4.74 Å². The van der Waals surface area contributed by atoms with E-state index in [-0.39, 0.29) is 0 Å². The van der Waals surface area contributed by atoms with Gasteiger partial charge >= 0.3 is 0 Å². The molecule has 2 aromatic rings. The number of nitrogens with zero attached hydrogens (tertiary/aromatic N) is 2. The molecule has 18 heavy (non-hydrogen) atoms. The predicted molar refractivity (Wildman–Crippen MR) is 72.9 cm³/mol. The molecule has 1 aromatic heterocycles. The summed E-state index contributed by atoms with van der Waals surface area (Å²) in [5.41, 5.74) is 3.75. The van der Waals surface area contributed by atoms with Crippen LogP contribution in [0.1, 0.15) is 36.6 Å². The standard InChI is InChI=1S/C15H20N2O/c1-11(2)17-9-15(8-16-17)18-10-14-7-12(3)5-6-13(14)4/h5-9,11H,10H2,1-4H3. The number of benzene rings is 1. The van der Waals surface area contributed by atoms with Gasteiger partial charge in [0, 0.05) is 6.04 Å². The maximum atomic E-state index is 5.78. The van der Waals surface area contributed by atoms with Crippen molar-refractivity contribution in [2.75, 3.05) is 0 Å². The average molecular weight is 244 g/mol. The van der Waals surface area contributed by atoms with Crippen LogP contribution in [0.3, 0.4) is 0 Å². The van der Waals surface area contributed by atoms with E-state index in [9.17, 15) is 0 Å². The van der Waals surface area contributed by atoms with Crippen molar-refractivity contribution < 1.29 is 4.74 Å². The maximum absolute atomic E-state index is 5.78. The normalized spacial score (nSPS) is 10.9. The van der Waals surface area contributed by atoms with E-state index in [1.54, 1.807) is 6.20 Å². The molecule has 0 radical (unpaired) electrons. The number of aryl methyl sites for hydroxylation is 2. The molecular formula is C15H20N2O. The third-order valence-electron chi connectivity index (χ3n) is 3.01. The second kappa shape index (κ2) is 5.25. The first-order chi connectivity index (χ1) is 8.56. The van der Waals surface area contributed by atoms with Crippen LogP contribution >= 0.6 is 0 Å². The lowest BCUT2D eigenvalue weighted by molar-refractivity contribution is 0.304. The number of hydrogen-bond acceptors (Lipinski definition) is 2. The molecule has 0 N–H and O–H groups in total. The van der Waals surface area contributed by atoms with E-state index in [2.05, 4.69) is 51.0 Å². The molecular weight excluding hydrogens is 224 g/mol. The number of rotatable bonds is 4. The van der Waals surface area contributed by atoms with Crippen LogP contribution in [-0.2, 0) is 6.61 Å². The van der Waals surface area contributed by atoms with Crippen LogP contribution in [0, 0.1) is 13.8 Å². The topological polar surface area (TPSA) is 27.1 Å². The van der Waals surface area contributed by atoms with E-state index in [1.165, 1.54) is 16.7 Å². The Morgan fingerprint density at radius 1 is 1.28 bits per heavy atom. The third-order valence-corrected chi connectivity index (χ3v) is 3.01. The largest absolute Gasteiger partial charge is 0.486 e. The fraction of sp³-hybridized carbons (Fsp3) is 0.400. The van der Waals surface area contributed by atoms with Gasteiger partial charge in [-0.05, 0) is 38.8 Å². The Balaban J connectivity index is 2.04. The first-order valence-corrected chi connectivity index (χ1v) is 6.29. The molecule has 1 heterocycles. The lowest BCUT2D eigenvalue weighted by Gasteiger charge is -2.08. The highest BCUT2D eigenvalue weighted by Gasteiger charge is 2.04. The summed E-state index contributed by atoms with van der Waals surface area (Å²) in [7, 11) is 0. The molecule has 0 saturated carbocycles. The van der Waals surface area contributed by atoms with E-state index >= 15 is 0 Å². The molecule has 0 aliphatic heterocycles. The molecule has 0 amide bonds. The Morgan fingerprint density at radius 2 is 2.06 bits per heavy atom. The summed E-state index contributed by atoms with van der Waals surface area (Å²) < 4.78 is 7.68. The van der Waals surface area contributed by atoms with Crippen LogP contribution in [0.4, 0.5) is 0 Å². The summed E-state index contributed by atoms with van der Waals surface area (Å²) in [6.07, 6.45) is 3.71. The average Bonchev–Trinajstić information content (AvgIpc) is 2.79. The van der Waals surface area contributed by atoms with Crippen LogP contribution in [0.5, 0.6) is 5.75 Å². The molecule has 0 aliphatic carbocycles. The van der Waals surface area contributed by atoms with E-state index < -0.39 is 0 Å². The molecule has 96 valence electrons. The van der Waals surface area contributed by atoms with Gasteiger partial charge in [0.05, 0.1) is 12.4 Å². The van der Waals surface area contributed by atoms with Crippen LogP contribution in [0.15, 0.2) is 30.6 Å². The second-order valence-corrected chi connectivity index (χ2v) is 4.97. The zero-order valence-corrected chi connectivity index (χ0v) is 11.5. The molecule has 3 heteroatoms. The predicted octanol–water partition coefficient (Wildman–Crippen LogP) is 3.66. The highest BCUT2D eigenvalue weighted by atomic mass is 16.5. The number of hydrogen-bond donors (Lipinski definition) is 0. The van der Waals surface area contributed by atoms with Crippen molar-refractivity contribution in [2.24, 2.45) is 0 Å². The first-order valence-electron chi connectivity index (χ1n) is 6.29. The van der Waals surface area contributed by atoms with Crippen LogP contribution in [0.25, 0.3) is 0 Å². The van der Waals surface area contributed by atoms with Gasteiger partial charge in [-0.3, -0.25) is 4.68 Å². The molecule has 0 saturated heterocycles. The monoisotopic (exact) mass is 244 g/mol. The van der Waals surface area contributed by atoms with Gasteiger partial charge in [-0.1, -0.05) is 23.8 Å². The minimum absolute atomic E-state index is 0.364. The van der Waals surface area contributed by atoms with Crippen molar-refractivity contribution in [1.29, 1.82) is 0 Å². The Morgan fingerprint density at radius 3 is 2.72 bits per heavy atom. The zero-order valence-electron chi connectivity index (χ0n) is 11.5. The fourth-order valence-electron chi connectivity index (χ4n) is 1.79. The van der Waals surface area contributed by atoms with Gasteiger partial charge in [0.2, 0.25) is 0 Å². The van der Waals surface area contributed by atoms with Crippen molar-refractivity contribution in [3.05, 3.63) is 47.3 Å². The molecule has 2 rings (SSSR count). The summed E-state index contributed by atoms with van der Waals surface area (Å²) in [6, 6.07) is 6.78. The number of aromatic nitrogens is 2. The lowest BCUT2D eigenvalue weighted by Crippen LogP contribution is -2.00. The van der Waals surface area contributed by atoms with Crippen molar-refractivity contribution in [2.45, 2.75) is 40.3 Å². The Labute approximate surface area is 108 Å². The highest BCUT2D eigenvalue weighted by molar-refractivity contribution is 5.30. The smallest absolute Gasteiger partial charge is 0.157 e.